The Balaban J connectivity index is 2.12. The van der Waals surface area contributed by atoms with Gasteiger partial charge >= 0.3 is 0 Å². The molecule has 1 unspecified atom stereocenters. The molecule has 0 N–H and O–H groups in total. The summed E-state index contributed by atoms with van der Waals surface area (Å²) in [4.78, 5) is 9.81. The smallest absolute Gasteiger partial charge is 0.0795 e. The molecule has 0 spiro atoms. The maximum absolute atomic E-state index is 11.6. The molecule has 0 aliphatic carbocycles. The second-order valence-electron chi connectivity index (χ2n) is 5.58. The first-order valence-electron chi connectivity index (χ1n) is 7.38. The van der Waals surface area contributed by atoms with E-state index in [1.807, 2.05) is 62.6 Å². The van der Waals surface area contributed by atoms with Crippen LogP contribution in [0.3, 0.4) is 0 Å². The second-order valence-corrected chi connectivity index (χ2v) is 6.96. The Morgan fingerprint density at radius 3 is 2.17 bits per heavy atom. The molecule has 3 rings (SSSR count). The number of nitrogens with zero attached hydrogens (tertiary/aromatic N) is 2. The summed E-state index contributed by atoms with van der Waals surface area (Å²) in [6.45, 7) is 4.00. The minimum absolute atomic E-state index is 0.827. The third kappa shape index (κ3) is 3.37. The number of hydrogen-bond acceptors (Lipinski definition) is 3. The van der Waals surface area contributed by atoms with Crippen molar-refractivity contribution < 1.29 is 4.21 Å². The summed E-state index contributed by atoms with van der Waals surface area (Å²) in [6, 6.07) is 14.0. The van der Waals surface area contributed by atoms with E-state index >= 15 is 0 Å². The highest BCUT2D eigenvalue weighted by Crippen LogP contribution is 2.31. The van der Waals surface area contributed by atoms with Crippen molar-refractivity contribution in [3.05, 3.63) is 66.1 Å². The topological polar surface area (TPSA) is 42.9 Å². The van der Waals surface area contributed by atoms with Crippen molar-refractivity contribution in [3.8, 4) is 22.4 Å². The maximum atomic E-state index is 11.6. The minimum atomic E-state index is -0.968. The van der Waals surface area contributed by atoms with Gasteiger partial charge in [-0.05, 0) is 55.3 Å². The van der Waals surface area contributed by atoms with Gasteiger partial charge < -0.3 is 0 Å². The van der Waals surface area contributed by atoms with Crippen molar-refractivity contribution in [2.75, 3.05) is 6.26 Å². The summed E-state index contributed by atoms with van der Waals surface area (Å²) < 4.78 is 11.6. The van der Waals surface area contributed by atoms with Crippen LogP contribution in [0.25, 0.3) is 22.4 Å². The van der Waals surface area contributed by atoms with E-state index in [1.54, 1.807) is 6.26 Å². The Bertz CT molecular complexity index is 856. The number of pyridine rings is 2. The SMILES string of the molecule is Cc1cnc(-c2ccc(C)nc2)c(-c2ccc(S(C)=O)cc2)c1. The number of aryl methyl sites for hydroxylation is 2. The highest BCUT2D eigenvalue weighted by molar-refractivity contribution is 7.84. The Morgan fingerprint density at radius 2 is 1.57 bits per heavy atom. The molecule has 1 atom stereocenters. The van der Waals surface area contributed by atoms with E-state index in [0.29, 0.717) is 0 Å². The van der Waals surface area contributed by atoms with E-state index in [2.05, 4.69) is 16.0 Å². The van der Waals surface area contributed by atoms with Gasteiger partial charge in [0.05, 0.1) is 5.69 Å². The predicted octanol–water partition coefficient (Wildman–Crippen LogP) is 4.16. The first kappa shape index (κ1) is 15.6. The lowest BCUT2D eigenvalue weighted by Crippen LogP contribution is -1.93. The maximum Gasteiger partial charge on any atom is 0.0795 e. The standard InChI is InChI=1S/C19H18N2OS/c1-13-10-18(15-6-8-17(9-7-15)23(3)22)19(21-11-13)16-5-4-14(2)20-12-16/h4-12H,1-3H3. The molecule has 0 aliphatic heterocycles. The van der Waals surface area contributed by atoms with Gasteiger partial charge in [-0.2, -0.15) is 0 Å². The molecule has 0 saturated carbocycles. The van der Waals surface area contributed by atoms with E-state index in [4.69, 9.17) is 0 Å². The van der Waals surface area contributed by atoms with Crippen molar-refractivity contribution in [2.45, 2.75) is 18.7 Å². The summed E-state index contributed by atoms with van der Waals surface area (Å²) in [5.41, 5.74) is 6.11. The van der Waals surface area contributed by atoms with Crippen molar-refractivity contribution in [2.24, 2.45) is 0 Å². The zero-order chi connectivity index (χ0) is 16.4. The van der Waals surface area contributed by atoms with Crippen LogP contribution in [0.1, 0.15) is 11.3 Å². The highest BCUT2D eigenvalue weighted by Gasteiger charge is 2.10. The molecule has 0 bridgehead atoms. The highest BCUT2D eigenvalue weighted by atomic mass is 32.2. The van der Waals surface area contributed by atoms with Crippen LogP contribution in [0.5, 0.6) is 0 Å². The molecule has 0 amide bonds. The first-order chi connectivity index (χ1) is 11.0. The lowest BCUT2D eigenvalue weighted by atomic mass is 9.99. The average Bonchev–Trinajstić information content (AvgIpc) is 2.56. The first-order valence-corrected chi connectivity index (χ1v) is 8.94. The van der Waals surface area contributed by atoms with Crippen LogP contribution in [0.2, 0.25) is 0 Å². The van der Waals surface area contributed by atoms with Crippen LogP contribution < -0.4 is 0 Å². The monoisotopic (exact) mass is 322 g/mol. The van der Waals surface area contributed by atoms with Gasteiger partial charge in [-0.25, -0.2) is 0 Å². The fourth-order valence-electron chi connectivity index (χ4n) is 2.45. The molecule has 0 aliphatic rings. The molecule has 3 aromatic rings. The van der Waals surface area contributed by atoms with Gasteiger partial charge in [0.15, 0.2) is 0 Å². The van der Waals surface area contributed by atoms with E-state index in [1.165, 1.54) is 0 Å². The Hall–Kier alpha value is -2.33. The summed E-state index contributed by atoms with van der Waals surface area (Å²) in [7, 11) is -0.968. The molecule has 23 heavy (non-hydrogen) atoms. The normalized spacial score (nSPS) is 12.1. The summed E-state index contributed by atoms with van der Waals surface area (Å²) in [5, 5.41) is 0. The van der Waals surface area contributed by atoms with Gasteiger partial charge in [-0.3, -0.25) is 14.2 Å². The Morgan fingerprint density at radius 1 is 0.870 bits per heavy atom. The third-order valence-electron chi connectivity index (χ3n) is 3.71. The van der Waals surface area contributed by atoms with Gasteiger partial charge in [-0.15, -0.1) is 0 Å². The summed E-state index contributed by atoms with van der Waals surface area (Å²) in [5.74, 6) is 0. The van der Waals surface area contributed by atoms with E-state index < -0.39 is 10.8 Å². The number of aromatic nitrogens is 2. The molecule has 4 heteroatoms. The molecule has 1 aromatic carbocycles. The molecule has 2 heterocycles. The lowest BCUT2D eigenvalue weighted by Gasteiger charge is -2.11. The molecule has 0 fully saturated rings. The van der Waals surface area contributed by atoms with Crippen LogP contribution in [0, 0.1) is 13.8 Å². The molecule has 0 radical (unpaired) electrons. The fraction of sp³-hybridized carbons (Fsp3) is 0.158. The van der Waals surface area contributed by atoms with Gasteiger partial charge in [0.2, 0.25) is 0 Å². The Kier molecular flexibility index (Phi) is 4.35. The summed E-state index contributed by atoms with van der Waals surface area (Å²) in [6.07, 6.45) is 5.41. The largest absolute Gasteiger partial charge is 0.261 e. The van der Waals surface area contributed by atoms with Crippen molar-refractivity contribution >= 4 is 10.8 Å². The van der Waals surface area contributed by atoms with Gasteiger partial charge in [0.25, 0.3) is 0 Å². The van der Waals surface area contributed by atoms with Crippen LogP contribution in [0.4, 0.5) is 0 Å². The zero-order valence-electron chi connectivity index (χ0n) is 13.4. The van der Waals surface area contributed by atoms with E-state index in [-0.39, 0.29) is 0 Å². The zero-order valence-corrected chi connectivity index (χ0v) is 14.2. The molecular weight excluding hydrogens is 304 g/mol. The molecule has 116 valence electrons. The lowest BCUT2D eigenvalue weighted by molar-refractivity contribution is 0.687. The van der Waals surface area contributed by atoms with Crippen LogP contribution in [-0.2, 0) is 10.8 Å². The predicted molar refractivity (Wildman–Crippen MR) is 94.7 cm³/mol. The van der Waals surface area contributed by atoms with Crippen molar-refractivity contribution in [1.29, 1.82) is 0 Å². The second kappa shape index (κ2) is 6.42. The third-order valence-corrected chi connectivity index (χ3v) is 4.64. The molecule has 0 saturated heterocycles. The van der Waals surface area contributed by atoms with Gasteiger partial charge in [0.1, 0.15) is 0 Å². The number of rotatable bonds is 3. The fourth-order valence-corrected chi connectivity index (χ4v) is 2.97. The van der Waals surface area contributed by atoms with Crippen LogP contribution >= 0.6 is 0 Å². The van der Waals surface area contributed by atoms with Gasteiger partial charge in [0, 0.05) is 51.2 Å². The van der Waals surface area contributed by atoms with Crippen molar-refractivity contribution in [1.82, 2.24) is 9.97 Å². The van der Waals surface area contributed by atoms with Crippen LogP contribution in [-0.4, -0.2) is 20.4 Å². The number of benzene rings is 1. The minimum Gasteiger partial charge on any atom is -0.261 e. The van der Waals surface area contributed by atoms with Crippen molar-refractivity contribution in [3.63, 3.8) is 0 Å². The average molecular weight is 322 g/mol. The quantitative estimate of drug-likeness (QED) is 0.727. The van der Waals surface area contributed by atoms with E-state index in [0.717, 1.165) is 38.5 Å². The molecule has 3 nitrogen and oxygen atoms in total. The van der Waals surface area contributed by atoms with E-state index in [9.17, 15) is 4.21 Å². The number of hydrogen-bond donors (Lipinski definition) is 0. The Labute approximate surface area is 138 Å². The summed E-state index contributed by atoms with van der Waals surface area (Å²) >= 11 is 0. The molecular formula is C19H18N2OS. The van der Waals surface area contributed by atoms with Gasteiger partial charge in [-0.1, -0.05) is 12.1 Å². The molecule has 2 aromatic heterocycles. The van der Waals surface area contributed by atoms with Crippen LogP contribution in [0.15, 0.2) is 59.8 Å².